The molecule has 0 bridgehead atoms. The molecule has 2 aromatic carbocycles. The quantitative estimate of drug-likeness (QED) is 0.505. The van der Waals surface area contributed by atoms with E-state index < -0.39 is 0 Å². The van der Waals surface area contributed by atoms with E-state index in [2.05, 4.69) is 10.6 Å². The topological polar surface area (TPSA) is 68.8 Å². The smallest absolute Gasteiger partial charge is 0.257 e. The maximum atomic E-state index is 12.3. The fourth-order valence-corrected chi connectivity index (χ4v) is 2.38. The number of thiocarbonyl (C=S) groups is 1. The van der Waals surface area contributed by atoms with Crippen molar-refractivity contribution in [3.05, 3.63) is 54.1 Å². The molecule has 0 heterocycles. The highest BCUT2D eigenvalue weighted by atomic mass is 32.1. The van der Waals surface area contributed by atoms with Gasteiger partial charge in [-0.15, -0.1) is 0 Å². The van der Waals surface area contributed by atoms with Gasteiger partial charge in [-0.05, 0) is 55.0 Å². The largest absolute Gasteiger partial charge is 0.494 e. The van der Waals surface area contributed by atoms with Gasteiger partial charge in [0.1, 0.15) is 18.1 Å². The monoisotopic (exact) mass is 388 g/mol. The van der Waals surface area contributed by atoms with Gasteiger partial charge < -0.3 is 19.5 Å². The summed E-state index contributed by atoms with van der Waals surface area (Å²) in [5, 5.41) is 5.86. The predicted molar refractivity (Wildman–Crippen MR) is 110 cm³/mol. The van der Waals surface area contributed by atoms with Crippen molar-refractivity contribution in [2.24, 2.45) is 0 Å². The predicted octanol–water partition coefficient (Wildman–Crippen LogP) is 3.63. The normalized spacial score (nSPS) is 10.1. The van der Waals surface area contributed by atoms with E-state index in [0.717, 1.165) is 17.9 Å². The molecule has 2 rings (SSSR count). The molecule has 0 fully saturated rings. The zero-order chi connectivity index (χ0) is 19.5. The summed E-state index contributed by atoms with van der Waals surface area (Å²) in [4.78, 5) is 12.3. The average molecular weight is 388 g/mol. The van der Waals surface area contributed by atoms with Crippen LogP contribution in [0.3, 0.4) is 0 Å². The summed E-state index contributed by atoms with van der Waals surface area (Å²) in [6.07, 6.45) is 0.933. The van der Waals surface area contributed by atoms with Gasteiger partial charge in [0.05, 0.1) is 13.2 Å². The number of anilines is 1. The van der Waals surface area contributed by atoms with Crippen LogP contribution in [0.15, 0.2) is 48.5 Å². The fourth-order valence-electron chi connectivity index (χ4n) is 2.17. The van der Waals surface area contributed by atoms with Crippen LogP contribution < -0.4 is 20.1 Å². The van der Waals surface area contributed by atoms with E-state index in [0.29, 0.717) is 31.1 Å². The van der Waals surface area contributed by atoms with E-state index in [1.165, 1.54) is 0 Å². The molecule has 144 valence electrons. The number of hydrogen-bond donors (Lipinski definition) is 2. The molecular weight excluding hydrogens is 364 g/mol. The first-order valence-electron chi connectivity index (χ1n) is 8.69. The molecule has 2 N–H and O–H groups in total. The first kappa shape index (κ1) is 20.7. The molecule has 7 heteroatoms. The second-order valence-corrected chi connectivity index (χ2v) is 6.06. The first-order chi connectivity index (χ1) is 13.1. The van der Waals surface area contributed by atoms with Crippen LogP contribution in [0.4, 0.5) is 5.69 Å². The Morgan fingerprint density at radius 1 is 1.00 bits per heavy atom. The molecule has 0 aliphatic rings. The molecule has 2 aromatic rings. The first-order valence-corrected chi connectivity index (χ1v) is 9.10. The van der Waals surface area contributed by atoms with Gasteiger partial charge in [-0.1, -0.05) is 13.0 Å². The lowest BCUT2D eigenvalue weighted by atomic mass is 10.2. The Hall–Kier alpha value is -2.64. The van der Waals surface area contributed by atoms with Crippen molar-refractivity contribution in [1.29, 1.82) is 0 Å². The lowest BCUT2D eigenvalue weighted by Crippen LogP contribution is -2.34. The van der Waals surface area contributed by atoms with Crippen LogP contribution in [0.25, 0.3) is 0 Å². The third-order valence-electron chi connectivity index (χ3n) is 3.46. The molecule has 0 saturated carbocycles. The minimum absolute atomic E-state index is 0.216. The molecule has 6 nitrogen and oxygen atoms in total. The van der Waals surface area contributed by atoms with Gasteiger partial charge in [0, 0.05) is 24.4 Å². The zero-order valence-corrected chi connectivity index (χ0v) is 16.3. The molecule has 0 saturated heterocycles. The Labute approximate surface area is 164 Å². The third-order valence-corrected chi connectivity index (χ3v) is 3.67. The van der Waals surface area contributed by atoms with Crippen molar-refractivity contribution in [1.82, 2.24) is 5.32 Å². The minimum atomic E-state index is -0.297. The van der Waals surface area contributed by atoms with Crippen LogP contribution in [0.1, 0.15) is 23.7 Å². The highest BCUT2D eigenvalue weighted by molar-refractivity contribution is 7.80. The van der Waals surface area contributed by atoms with Crippen molar-refractivity contribution in [2.45, 2.75) is 13.3 Å². The number of amides is 1. The Morgan fingerprint density at radius 3 is 2.44 bits per heavy atom. The molecule has 27 heavy (non-hydrogen) atoms. The van der Waals surface area contributed by atoms with Crippen molar-refractivity contribution in [2.75, 3.05) is 32.2 Å². The Bertz CT molecular complexity index is 750. The second kappa shape index (κ2) is 11.2. The van der Waals surface area contributed by atoms with Crippen LogP contribution in [-0.4, -0.2) is 38.0 Å². The summed E-state index contributed by atoms with van der Waals surface area (Å²) in [5.41, 5.74) is 1.23. The van der Waals surface area contributed by atoms with Crippen LogP contribution >= 0.6 is 12.2 Å². The number of nitrogens with one attached hydrogen (secondary N) is 2. The van der Waals surface area contributed by atoms with Gasteiger partial charge in [0.2, 0.25) is 0 Å². The SMILES string of the molecule is CCCOc1cccc(NC(=S)NC(=O)c2ccc(OCCOC)cc2)c1. The molecule has 0 aromatic heterocycles. The molecule has 0 unspecified atom stereocenters. The molecule has 0 atom stereocenters. The molecule has 1 amide bonds. The summed E-state index contributed by atoms with van der Waals surface area (Å²) in [6.45, 7) is 3.66. The van der Waals surface area contributed by atoms with Gasteiger partial charge >= 0.3 is 0 Å². The second-order valence-electron chi connectivity index (χ2n) is 5.65. The molecule has 0 spiro atoms. The van der Waals surface area contributed by atoms with E-state index in [1.54, 1.807) is 31.4 Å². The number of methoxy groups -OCH3 is 1. The number of rotatable bonds is 9. The van der Waals surface area contributed by atoms with Crippen LogP contribution in [-0.2, 0) is 4.74 Å². The minimum Gasteiger partial charge on any atom is -0.494 e. The summed E-state index contributed by atoms with van der Waals surface area (Å²) in [7, 11) is 1.61. The Kier molecular flexibility index (Phi) is 8.54. The van der Waals surface area contributed by atoms with Gasteiger partial charge in [0.25, 0.3) is 5.91 Å². The lowest BCUT2D eigenvalue weighted by Gasteiger charge is -2.11. The summed E-state index contributed by atoms with van der Waals surface area (Å²) in [6, 6.07) is 14.2. The zero-order valence-electron chi connectivity index (χ0n) is 15.5. The average Bonchev–Trinajstić information content (AvgIpc) is 2.67. The molecular formula is C20H24N2O4S. The lowest BCUT2D eigenvalue weighted by molar-refractivity contribution is 0.0977. The fraction of sp³-hybridized carbons (Fsp3) is 0.300. The van der Waals surface area contributed by atoms with Gasteiger partial charge in [-0.25, -0.2) is 0 Å². The van der Waals surface area contributed by atoms with Crippen LogP contribution in [0.2, 0.25) is 0 Å². The summed E-state index contributed by atoms with van der Waals surface area (Å²) < 4.78 is 16.0. The molecule has 0 radical (unpaired) electrons. The van der Waals surface area contributed by atoms with E-state index in [9.17, 15) is 4.79 Å². The van der Waals surface area contributed by atoms with E-state index in [1.807, 2.05) is 31.2 Å². The van der Waals surface area contributed by atoms with Gasteiger partial charge in [0.15, 0.2) is 5.11 Å². The standard InChI is InChI=1S/C20H24N2O4S/c1-3-11-25-18-6-4-5-16(14-18)21-20(27)22-19(23)15-7-9-17(10-8-15)26-13-12-24-2/h4-10,14H,3,11-13H2,1-2H3,(H2,21,22,23,27). The maximum Gasteiger partial charge on any atom is 0.257 e. The van der Waals surface area contributed by atoms with Crippen LogP contribution in [0.5, 0.6) is 11.5 Å². The number of carbonyl (C=O) groups excluding carboxylic acids is 1. The third kappa shape index (κ3) is 7.24. The number of ether oxygens (including phenoxy) is 3. The van der Waals surface area contributed by atoms with Crippen molar-refractivity contribution in [3.8, 4) is 11.5 Å². The maximum absolute atomic E-state index is 12.3. The molecule has 0 aliphatic carbocycles. The van der Waals surface area contributed by atoms with Gasteiger partial charge in [-0.2, -0.15) is 0 Å². The van der Waals surface area contributed by atoms with E-state index >= 15 is 0 Å². The van der Waals surface area contributed by atoms with Crippen LogP contribution in [0, 0.1) is 0 Å². The van der Waals surface area contributed by atoms with Gasteiger partial charge in [-0.3, -0.25) is 10.1 Å². The van der Waals surface area contributed by atoms with Crippen molar-refractivity contribution < 1.29 is 19.0 Å². The highest BCUT2D eigenvalue weighted by Gasteiger charge is 2.08. The Morgan fingerprint density at radius 2 is 1.74 bits per heavy atom. The number of carbonyl (C=O) groups is 1. The number of benzene rings is 2. The van der Waals surface area contributed by atoms with Crippen molar-refractivity contribution in [3.63, 3.8) is 0 Å². The summed E-state index contributed by atoms with van der Waals surface area (Å²) >= 11 is 5.22. The van der Waals surface area contributed by atoms with E-state index in [4.69, 9.17) is 26.4 Å². The Balaban J connectivity index is 1.87. The highest BCUT2D eigenvalue weighted by Crippen LogP contribution is 2.17. The summed E-state index contributed by atoms with van der Waals surface area (Å²) in [5.74, 6) is 1.13. The van der Waals surface area contributed by atoms with Crippen molar-refractivity contribution >= 4 is 28.9 Å². The number of hydrogen-bond acceptors (Lipinski definition) is 5. The van der Waals surface area contributed by atoms with E-state index in [-0.39, 0.29) is 11.0 Å². The molecule has 0 aliphatic heterocycles.